The summed E-state index contributed by atoms with van der Waals surface area (Å²) < 4.78 is 10.7. The van der Waals surface area contributed by atoms with Crippen molar-refractivity contribution in [2.75, 3.05) is 19.9 Å². The van der Waals surface area contributed by atoms with E-state index in [4.69, 9.17) is 9.47 Å². The van der Waals surface area contributed by atoms with Crippen LogP contribution in [0.4, 0.5) is 0 Å². The van der Waals surface area contributed by atoms with Crippen molar-refractivity contribution in [3.63, 3.8) is 0 Å². The molecule has 3 rings (SSSR count). The van der Waals surface area contributed by atoms with Crippen LogP contribution in [-0.2, 0) is 0 Å². The van der Waals surface area contributed by atoms with Gasteiger partial charge in [0, 0.05) is 5.56 Å². The third kappa shape index (κ3) is 2.08. The molecule has 0 aromatic heterocycles. The summed E-state index contributed by atoms with van der Waals surface area (Å²) in [6, 6.07) is 5.49. The van der Waals surface area contributed by atoms with E-state index in [0.717, 1.165) is 25.3 Å². The summed E-state index contributed by atoms with van der Waals surface area (Å²) in [5, 5.41) is 0. The van der Waals surface area contributed by atoms with Crippen molar-refractivity contribution in [3.05, 3.63) is 23.8 Å². The molecule has 0 N–H and O–H groups in total. The number of hydrogen-bond acceptors (Lipinski definition) is 4. The van der Waals surface area contributed by atoms with E-state index in [1.165, 1.54) is 12.8 Å². The van der Waals surface area contributed by atoms with E-state index in [1.54, 1.807) is 0 Å². The first-order chi connectivity index (χ1) is 9.65. The first kappa shape index (κ1) is 13.4. The maximum absolute atomic E-state index is 12.9. The van der Waals surface area contributed by atoms with Gasteiger partial charge in [0.1, 0.15) is 0 Å². The second kappa shape index (κ2) is 5.09. The molecule has 0 saturated carbocycles. The lowest BCUT2D eigenvalue weighted by Crippen LogP contribution is -2.50. The van der Waals surface area contributed by atoms with Crippen LogP contribution < -0.4 is 9.47 Å². The van der Waals surface area contributed by atoms with Gasteiger partial charge in [0.2, 0.25) is 6.79 Å². The standard InChI is InChI=1S/C16H21NO3/c1-3-16(2,17-8-4-5-9-17)15(18)12-6-7-13-14(10-12)20-11-19-13/h6-7,10H,3-5,8-9,11H2,1-2H3. The van der Waals surface area contributed by atoms with Crippen LogP contribution in [0.1, 0.15) is 43.5 Å². The van der Waals surface area contributed by atoms with Gasteiger partial charge in [-0.05, 0) is 57.5 Å². The predicted octanol–water partition coefficient (Wildman–Crippen LogP) is 2.86. The van der Waals surface area contributed by atoms with Crippen molar-refractivity contribution in [2.24, 2.45) is 0 Å². The Morgan fingerprint density at radius 3 is 2.65 bits per heavy atom. The summed E-state index contributed by atoms with van der Waals surface area (Å²) in [4.78, 5) is 15.3. The molecule has 1 aromatic rings. The van der Waals surface area contributed by atoms with Gasteiger partial charge in [-0.1, -0.05) is 6.92 Å². The predicted molar refractivity (Wildman–Crippen MR) is 76.4 cm³/mol. The minimum Gasteiger partial charge on any atom is -0.454 e. The summed E-state index contributed by atoms with van der Waals surface area (Å²) >= 11 is 0. The molecule has 0 spiro atoms. The molecule has 1 aromatic carbocycles. The van der Waals surface area contributed by atoms with Crippen LogP contribution in [-0.4, -0.2) is 36.1 Å². The number of carbonyl (C=O) groups excluding carboxylic acids is 1. The average molecular weight is 275 g/mol. The van der Waals surface area contributed by atoms with Crippen molar-refractivity contribution < 1.29 is 14.3 Å². The zero-order valence-corrected chi connectivity index (χ0v) is 12.1. The molecule has 0 radical (unpaired) electrons. The van der Waals surface area contributed by atoms with E-state index in [2.05, 4.69) is 18.7 Å². The molecule has 2 aliphatic heterocycles. The normalized spacial score (nSPS) is 20.9. The molecular weight excluding hydrogens is 254 g/mol. The summed E-state index contributed by atoms with van der Waals surface area (Å²) in [6.07, 6.45) is 3.19. The molecule has 2 aliphatic rings. The minimum atomic E-state index is -0.413. The minimum absolute atomic E-state index is 0.181. The highest BCUT2D eigenvalue weighted by molar-refractivity contribution is 6.03. The number of ketones is 1. The van der Waals surface area contributed by atoms with Gasteiger partial charge in [-0.25, -0.2) is 0 Å². The summed E-state index contributed by atoms with van der Waals surface area (Å²) in [5.74, 6) is 1.58. The lowest BCUT2D eigenvalue weighted by atomic mass is 9.87. The molecule has 1 unspecified atom stereocenters. The number of Topliss-reactive ketones (excluding diaryl/α,β-unsaturated/α-hetero) is 1. The van der Waals surface area contributed by atoms with Crippen molar-refractivity contribution >= 4 is 5.78 Å². The van der Waals surface area contributed by atoms with Crippen molar-refractivity contribution in [2.45, 2.75) is 38.6 Å². The molecule has 0 bridgehead atoms. The first-order valence-electron chi connectivity index (χ1n) is 7.34. The van der Waals surface area contributed by atoms with Crippen LogP contribution in [0.15, 0.2) is 18.2 Å². The summed E-state index contributed by atoms with van der Waals surface area (Å²) in [7, 11) is 0. The number of hydrogen-bond donors (Lipinski definition) is 0. The smallest absolute Gasteiger partial charge is 0.231 e. The van der Waals surface area contributed by atoms with Gasteiger partial charge in [-0.3, -0.25) is 9.69 Å². The fourth-order valence-corrected chi connectivity index (χ4v) is 3.09. The summed E-state index contributed by atoms with van der Waals surface area (Å²) in [5.41, 5.74) is 0.301. The Morgan fingerprint density at radius 1 is 1.25 bits per heavy atom. The van der Waals surface area contributed by atoms with Gasteiger partial charge in [-0.15, -0.1) is 0 Å². The summed E-state index contributed by atoms with van der Waals surface area (Å²) in [6.45, 7) is 6.42. The van der Waals surface area contributed by atoms with Crippen molar-refractivity contribution in [1.82, 2.24) is 4.90 Å². The van der Waals surface area contributed by atoms with Crippen molar-refractivity contribution in [1.29, 1.82) is 0 Å². The second-order valence-electron chi connectivity index (χ2n) is 5.72. The Labute approximate surface area is 119 Å². The number of fused-ring (bicyclic) bond motifs is 1. The number of rotatable bonds is 4. The number of likely N-dealkylation sites (tertiary alicyclic amines) is 1. The Kier molecular flexibility index (Phi) is 3.42. The van der Waals surface area contributed by atoms with Gasteiger partial charge in [0.15, 0.2) is 17.3 Å². The van der Waals surface area contributed by atoms with E-state index in [1.807, 2.05) is 18.2 Å². The second-order valence-corrected chi connectivity index (χ2v) is 5.72. The lowest BCUT2D eigenvalue weighted by Gasteiger charge is -2.36. The zero-order valence-electron chi connectivity index (χ0n) is 12.1. The Bertz CT molecular complexity index is 522. The highest BCUT2D eigenvalue weighted by Crippen LogP contribution is 2.35. The fraction of sp³-hybridized carbons (Fsp3) is 0.562. The van der Waals surface area contributed by atoms with Crippen molar-refractivity contribution in [3.8, 4) is 11.5 Å². The molecule has 0 aliphatic carbocycles. The van der Waals surface area contributed by atoms with E-state index in [9.17, 15) is 4.79 Å². The topological polar surface area (TPSA) is 38.8 Å². The third-order valence-corrected chi connectivity index (χ3v) is 4.62. The van der Waals surface area contributed by atoms with Gasteiger partial charge >= 0.3 is 0 Å². The van der Waals surface area contributed by atoms with Gasteiger partial charge in [-0.2, -0.15) is 0 Å². The quantitative estimate of drug-likeness (QED) is 0.792. The van der Waals surface area contributed by atoms with E-state index in [0.29, 0.717) is 11.3 Å². The van der Waals surface area contributed by atoms with E-state index < -0.39 is 5.54 Å². The largest absolute Gasteiger partial charge is 0.454 e. The van der Waals surface area contributed by atoms with Crippen LogP contribution in [0.2, 0.25) is 0 Å². The lowest BCUT2D eigenvalue weighted by molar-refractivity contribution is 0.0647. The van der Waals surface area contributed by atoms with E-state index in [-0.39, 0.29) is 12.6 Å². The molecule has 4 nitrogen and oxygen atoms in total. The maximum Gasteiger partial charge on any atom is 0.231 e. The highest BCUT2D eigenvalue weighted by Gasteiger charge is 2.39. The molecular formula is C16H21NO3. The Morgan fingerprint density at radius 2 is 1.95 bits per heavy atom. The van der Waals surface area contributed by atoms with Crippen LogP contribution >= 0.6 is 0 Å². The fourth-order valence-electron chi connectivity index (χ4n) is 3.09. The number of carbonyl (C=O) groups is 1. The van der Waals surface area contributed by atoms with Crippen LogP contribution in [0, 0.1) is 0 Å². The van der Waals surface area contributed by atoms with Gasteiger partial charge in [0.25, 0.3) is 0 Å². The monoisotopic (exact) mass is 275 g/mol. The van der Waals surface area contributed by atoms with Gasteiger partial charge < -0.3 is 9.47 Å². The van der Waals surface area contributed by atoms with E-state index >= 15 is 0 Å². The molecule has 1 atom stereocenters. The first-order valence-corrected chi connectivity index (χ1v) is 7.34. The molecule has 1 saturated heterocycles. The maximum atomic E-state index is 12.9. The molecule has 20 heavy (non-hydrogen) atoms. The van der Waals surface area contributed by atoms with Gasteiger partial charge in [0.05, 0.1) is 5.54 Å². The SMILES string of the molecule is CCC(C)(C(=O)c1ccc2c(c1)OCO2)N1CCCC1. The molecule has 1 fully saturated rings. The molecule has 108 valence electrons. The Balaban J connectivity index is 1.90. The number of ether oxygens (including phenoxy) is 2. The highest BCUT2D eigenvalue weighted by atomic mass is 16.7. The number of benzene rings is 1. The molecule has 2 heterocycles. The number of nitrogens with zero attached hydrogens (tertiary/aromatic N) is 1. The van der Waals surface area contributed by atoms with Crippen LogP contribution in [0.25, 0.3) is 0 Å². The average Bonchev–Trinajstić information content (AvgIpc) is 3.15. The molecule has 4 heteroatoms. The van der Waals surface area contributed by atoms with Crippen LogP contribution in [0.5, 0.6) is 11.5 Å². The third-order valence-electron chi connectivity index (χ3n) is 4.62. The Hall–Kier alpha value is -1.55. The van der Waals surface area contributed by atoms with Crippen LogP contribution in [0.3, 0.4) is 0 Å². The zero-order chi connectivity index (χ0) is 14.2. The molecule has 0 amide bonds.